The van der Waals surface area contributed by atoms with Crippen LogP contribution in [0.3, 0.4) is 0 Å². The Kier molecular flexibility index (Phi) is 9.01. The van der Waals surface area contributed by atoms with Gasteiger partial charge in [-0.25, -0.2) is 0 Å². The summed E-state index contributed by atoms with van der Waals surface area (Å²) in [6.45, 7) is 6.23. The number of nitrogens with one attached hydrogen (secondary N) is 1. The van der Waals surface area contributed by atoms with E-state index in [1.165, 1.54) is 0 Å². The third kappa shape index (κ3) is 6.80. The maximum atomic E-state index is 11.8. The summed E-state index contributed by atoms with van der Waals surface area (Å²) in [6.07, 6.45) is 0.122. The van der Waals surface area contributed by atoms with Crippen molar-refractivity contribution in [1.82, 2.24) is 0 Å². The van der Waals surface area contributed by atoms with Crippen LogP contribution in [0.2, 0.25) is 0 Å². The third-order valence-corrected chi connectivity index (χ3v) is 2.83. The number of hydrogen-bond donors (Lipinski definition) is 2. The van der Waals surface area contributed by atoms with Gasteiger partial charge < -0.3 is 20.5 Å². The number of benzene rings is 1. The minimum Gasteiger partial charge on any atom is -0.491 e. The molecule has 1 aromatic rings. The van der Waals surface area contributed by atoms with Crippen molar-refractivity contribution in [2.75, 3.05) is 19.0 Å². The fourth-order valence-corrected chi connectivity index (χ4v) is 1.80. The molecule has 1 atom stereocenters. The SMILES string of the molecule is COC(CN)CC(=O)Nc1ccc(OC(C)C)c(C)c1.Cl. The summed E-state index contributed by atoms with van der Waals surface area (Å²) < 4.78 is 10.7. The van der Waals surface area contributed by atoms with Gasteiger partial charge in [-0.05, 0) is 44.5 Å². The van der Waals surface area contributed by atoms with Gasteiger partial charge in [0.1, 0.15) is 5.75 Å². The van der Waals surface area contributed by atoms with E-state index in [4.69, 9.17) is 15.2 Å². The Morgan fingerprint density at radius 1 is 1.38 bits per heavy atom. The Balaban J connectivity index is 0.00000400. The highest BCUT2D eigenvalue weighted by Gasteiger charge is 2.12. The molecule has 0 fully saturated rings. The topological polar surface area (TPSA) is 73.6 Å². The molecule has 5 nitrogen and oxygen atoms in total. The molecule has 0 radical (unpaired) electrons. The quantitative estimate of drug-likeness (QED) is 0.810. The minimum atomic E-state index is -0.250. The highest BCUT2D eigenvalue weighted by Crippen LogP contribution is 2.23. The smallest absolute Gasteiger partial charge is 0.227 e. The predicted octanol–water partition coefficient (Wildman–Crippen LogP) is 2.51. The van der Waals surface area contributed by atoms with Gasteiger partial charge in [0.2, 0.25) is 5.91 Å². The lowest BCUT2D eigenvalue weighted by atomic mass is 10.2. The first-order valence-corrected chi connectivity index (χ1v) is 6.76. The van der Waals surface area contributed by atoms with Crippen molar-refractivity contribution < 1.29 is 14.3 Å². The predicted molar refractivity (Wildman–Crippen MR) is 87.3 cm³/mol. The van der Waals surface area contributed by atoms with Crippen molar-refractivity contribution in [3.63, 3.8) is 0 Å². The molecule has 1 rings (SSSR count). The standard InChI is InChI=1S/C15H24N2O3.ClH/c1-10(2)20-14-6-5-12(7-11(14)3)17-15(18)8-13(9-16)19-4;/h5-7,10,13H,8-9,16H2,1-4H3,(H,17,18);1H. The fraction of sp³-hybridized carbons (Fsp3) is 0.533. The van der Waals surface area contributed by atoms with Gasteiger partial charge in [-0.3, -0.25) is 4.79 Å². The minimum absolute atomic E-state index is 0. The molecule has 0 aliphatic heterocycles. The third-order valence-electron chi connectivity index (χ3n) is 2.83. The van der Waals surface area contributed by atoms with Crippen LogP contribution in [-0.2, 0) is 9.53 Å². The average molecular weight is 317 g/mol. The first-order valence-electron chi connectivity index (χ1n) is 6.76. The van der Waals surface area contributed by atoms with Gasteiger partial charge in [0, 0.05) is 19.3 Å². The monoisotopic (exact) mass is 316 g/mol. The first-order chi connectivity index (χ1) is 9.46. The van der Waals surface area contributed by atoms with Crippen LogP contribution in [0.25, 0.3) is 0 Å². The van der Waals surface area contributed by atoms with Crippen molar-refractivity contribution in [2.24, 2.45) is 5.73 Å². The fourth-order valence-electron chi connectivity index (χ4n) is 1.80. The number of halogens is 1. The van der Waals surface area contributed by atoms with Crippen LogP contribution in [-0.4, -0.2) is 31.8 Å². The second-order valence-electron chi connectivity index (χ2n) is 4.99. The molecule has 0 spiro atoms. The van der Waals surface area contributed by atoms with E-state index in [0.717, 1.165) is 17.0 Å². The maximum Gasteiger partial charge on any atom is 0.227 e. The number of anilines is 1. The van der Waals surface area contributed by atoms with E-state index in [1.54, 1.807) is 7.11 Å². The molecule has 0 aliphatic rings. The number of amides is 1. The number of ether oxygens (including phenoxy) is 2. The van der Waals surface area contributed by atoms with Gasteiger partial charge in [-0.2, -0.15) is 0 Å². The van der Waals surface area contributed by atoms with Crippen LogP contribution >= 0.6 is 12.4 Å². The second kappa shape index (κ2) is 9.60. The zero-order valence-corrected chi connectivity index (χ0v) is 13.8. The summed E-state index contributed by atoms with van der Waals surface area (Å²) in [7, 11) is 1.55. The number of aryl methyl sites for hydroxylation is 1. The number of rotatable bonds is 7. The summed E-state index contributed by atoms with van der Waals surface area (Å²) in [5, 5.41) is 2.83. The van der Waals surface area contributed by atoms with Crippen LogP contribution in [0.4, 0.5) is 5.69 Å². The summed E-state index contributed by atoms with van der Waals surface area (Å²) in [6, 6.07) is 5.58. The molecule has 0 saturated carbocycles. The number of carbonyl (C=O) groups is 1. The molecule has 3 N–H and O–H groups in total. The average Bonchev–Trinajstić information content (AvgIpc) is 2.38. The Labute approximate surface area is 132 Å². The van der Waals surface area contributed by atoms with Gasteiger partial charge in [-0.1, -0.05) is 0 Å². The molecule has 0 heterocycles. The normalized spacial score (nSPS) is 11.7. The molecule has 120 valence electrons. The summed E-state index contributed by atoms with van der Waals surface area (Å²) in [4.78, 5) is 11.8. The van der Waals surface area contributed by atoms with E-state index in [1.807, 2.05) is 39.0 Å². The van der Waals surface area contributed by atoms with Crippen LogP contribution in [0.15, 0.2) is 18.2 Å². The van der Waals surface area contributed by atoms with Crippen molar-refractivity contribution in [2.45, 2.75) is 39.4 Å². The van der Waals surface area contributed by atoms with E-state index in [0.29, 0.717) is 6.54 Å². The molecule has 1 aromatic carbocycles. The summed E-state index contributed by atoms with van der Waals surface area (Å²) >= 11 is 0. The lowest BCUT2D eigenvalue weighted by Crippen LogP contribution is -2.28. The molecule has 1 amide bonds. The van der Waals surface area contributed by atoms with Gasteiger partial charge in [0.05, 0.1) is 18.6 Å². The van der Waals surface area contributed by atoms with E-state index < -0.39 is 0 Å². The van der Waals surface area contributed by atoms with Gasteiger partial charge in [0.25, 0.3) is 0 Å². The number of carbonyl (C=O) groups excluding carboxylic acids is 1. The van der Waals surface area contributed by atoms with E-state index in [-0.39, 0.29) is 36.9 Å². The van der Waals surface area contributed by atoms with Crippen LogP contribution in [0.5, 0.6) is 5.75 Å². The van der Waals surface area contributed by atoms with Crippen LogP contribution < -0.4 is 15.8 Å². The van der Waals surface area contributed by atoms with Gasteiger partial charge in [-0.15, -0.1) is 12.4 Å². The first kappa shape index (κ1) is 19.7. The molecule has 0 bridgehead atoms. The second-order valence-corrected chi connectivity index (χ2v) is 4.99. The molecule has 0 aliphatic carbocycles. The van der Waals surface area contributed by atoms with E-state index in [9.17, 15) is 4.79 Å². The highest BCUT2D eigenvalue weighted by molar-refractivity contribution is 5.91. The molecular weight excluding hydrogens is 292 g/mol. The molecular formula is C15H25ClN2O3. The van der Waals surface area contributed by atoms with Gasteiger partial charge in [0.15, 0.2) is 0 Å². The molecule has 21 heavy (non-hydrogen) atoms. The van der Waals surface area contributed by atoms with E-state index >= 15 is 0 Å². The largest absolute Gasteiger partial charge is 0.491 e. The van der Waals surface area contributed by atoms with Crippen LogP contribution in [0.1, 0.15) is 25.8 Å². The number of nitrogens with two attached hydrogens (primary N) is 1. The molecule has 0 aromatic heterocycles. The van der Waals surface area contributed by atoms with Crippen LogP contribution in [0, 0.1) is 6.92 Å². The molecule has 6 heteroatoms. The van der Waals surface area contributed by atoms with E-state index in [2.05, 4.69) is 5.32 Å². The highest BCUT2D eigenvalue weighted by atomic mass is 35.5. The summed E-state index contributed by atoms with van der Waals surface area (Å²) in [5.74, 6) is 0.717. The Hall–Kier alpha value is -1.30. The Morgan fingerprint density at radius 2 is 2.05 bits per heavy atom. The Bertz CT molecular complexity index is 449. The zero-order chi connectivity index (χ0) is 15.1. The summed E-state index contributed by atoms with van der Waals surface area (Å²) in [5.41, 5.74) is 7.22. The lowest BCUT2D eigenvalue weighted by Gasteiger charge is -2.15. The lowest BCUT2D eigenvalue weighted by molar-refractivity contribution is -0.118. The maximum absolute atomic E-state index is 11.8. The van der Waals surface area contributed by atoms with Crippen molar-refractivity contribution >= 4 is 24.0 Å². The number of hydrogen-bond acceptors (Lipinski definition) is 4. The van der Waals surface area contributed by atoms with Crippen molar-refractivity contribution in [3.8, 4) is 5.75 Å². The number of methoxy groups -OCH3 is 1. The molecule has 0 saturated heterocycles. The van der Waals surface area contributed by atoms with Crippen molar-refractivity contribution in [1.29, 1.82) is 0 Å². The molecule has 1 unspecified atom stereocenters. The zero-order valence-electron chi connectivity index (χ0n) is 13.0. The van der Waals surface area contributed by atoms with Gasteiger partial charge >= 0.3 is 0 Å². The van der Waals surface area contributed by atoms with Crippen molar-refractivity contribution in [3.05, 3.63) is 23.8 Å². The Morgan fingerprint density at radius 3 is 2.52 bits per heavy atom.